The molecule has 0 saturated heterocycles. The Morgan fingerprint density at radius 2 is 1.95 bits per heavy atom. The third kappa shape index (κ3) is 2.88. The second kappa shape index (κ2) is 4.87. The van der Waals surface area contributed by atoms with E-state index in [1.54, 1.807) is 4.68 Å². The molecule has 0 unspecified atom stereocenters. The normalized spacial score (nSPS) is 15.0. The van der Waals surface area contributed by atoms with Gasteiger partial charge in [0.15, 0.2) is 0 Å². The summed E-state index contributed by atoms with van der Waals surface area (Å²) in [6, 6.07) is 0.301. The number of amides is 1. The number of tetrazole rings is 1. The highest BCUT2D eigenvalue weighted by Gasteiger charge is 2.28. The minimum Gasteiger partial charge on any atom is -0.289 e. The van der Waals surface area contributed by atoms with Gasteiger partial charge in [0.2, 0.25) is 5.95 Å². The van der Waals surface area contributed by atoms with E-state index in [-0.39, 0.29) is 11.3 Å². The lowest BCUT2D eigenvalue weighted by Gasteiger charge is -2.15. The van der Waals surface area contributed by atoms with Crippen molar-refractivity contribution >= 4 is 11.9 Å². The second-order valence-corrected chi connectivity index (χ2v) is 6.18. The Morgan fingerprint density at radius 1 is 1.29 bits per heavy atom. The van der Waals surface area contributed by atoms with Crippen LogP contribution in [0, 0.1) is 0 Å². The van der Waals surface area contributed by atoms with Crippen molar-refractivity contribution in [2.24, 2.45) is 0 Å². The highest BCUT2D eigenvalue weighted by atomic mass is 16.1. The zero-order chi connectivity index (χ0) is 15.0. The minimum absolute atomic E-state index is 0.148. The number of rotatable bonds is 3. The van der Waals surface area contributed by atoms with Crippen molar-refractivity contribution in [3.8, 4) is 0 Å². The van der Waals surface area contributed by atoms with Gasteiger partial charge in [0.1, 0.15) is 5.82 Å². The maximum Gasteiger partial charge on any atom is 0.261 e. The van der Waals surface area contributed by atoms with E-state index in [0.717, 1.165) is 12.8 Å². The summed E-state index contributed by atoms with van der Waals surface area (Å²) in [6.07, 6.45) is 5.12. The molecule has 8 heteroatoms. The zero-order valence-corrected chi connectivity index (χ0v) is 12.2. The van der Waals surface area contributed by atoms with Gasteiger partial charge < -0.3 is 0 Å². The molecule has 21 heavy (non-hydrogen) atoms. The first kappa shape index (κ1) is 13.6. The molecular weight excluding hydrogens is 270 g/mol. The van der Waals surface area contributed by atoms with Gasteiger partial charge in [-0.2, -0.15) is 0 Å². The van der Waals surface area contributed by atoms with E-state index < -0.39 is 0 Å². The minimum atomic E-state index is -0.313. The van der Waals surface area contributed by atoms with Gasteiger partial charge >= 0.3 is 0 Å². The van der Waals surface area contributed by atoms with Crippen LogP contribution in [0.4, 0.5) is 5.95 Å². The van der Waals surface area contributed by atoms with E-state index in [4.69, 9.17) is 0 Å². The lowest BCUT2D eigenvalue weighted by atomic mass is 9.96. The van der Waals surface area contributed by atoms with Crippen LogP contribution in [0.15, 0.2) is 12.4 Å². The Morgan fingerprint density at radius 3 is 2.52 bits per heavy atom. The fraction of sp³-hybridized carbons (Fsp3) is 0.538. The van der Waals surface area contributed by atoms with Crippen LogP contribution in [0.2, 0.25) is 0 Å². The van der Waals surface area contributed by atoms with Crippen LogP contribution >= 0.6 is 0 Å². The number of nitrogens with zero attached hydrogens (tertiary/aromatic N) is 6. The van der Waals surface area contributed by atoms with E-state index in [9.17, 15) is 4.79 Å². The molecular formula is C13H17N7O. The fourth-order valence-electron chi connectivity index (χ4n) is 1.85. The Hall–Kier alpha value is -2.38. The quantitative estimate of drug-likeness (QED) is 0.914. The maximum absolute atomic E-state index is 12.2. The summed E-state index contributed by atoms with van der Waals surface area (Å²) in [6.45, 7) is 6.06. The van der Waals surface area contributed by atoms with Crippen molar-refractivity contribution in [1.82, 2.24) is 30.2 Å². The molecule has 1 fully saturated rings. The van der Waals surface area contributed by atoms with Gasteiger partial charge in [-0.3, -0.25) is 10.1 Å². The summed E-state index contributed by atoms with van der Waals surface area (Å²) in [5.41, 5.74) is 0.235. The maximum atomic E-state index is 12.2. The van der Waals surface area contributed by atoms with Crippen molar-refractivity contribution in [2.45, 2.75) is 45.1 Å². The van der Waals surface area contributed by atoms with Crippen molar-refractivity contribution < 1.29 is 4.79 Å². The van der Waals surface area contributed by atoms with Crippen molar-refractivity contribution in [1.29, 1.82) is 0 Å². The molecule has 0 atom stereocenters. The first-order valence-electron chi connectivity index (χ1n) is 6.87. The molecule has 1 N–H and O–H groups in total. The molecule has 0 spiro atoms. The van der Waals surface area contributed by atoms with Crippen LogP contribution in [0.3, 0.4) is 0 Å². The molecule has 0 aliphatic heterocycles. The van der Waals surface area contributed by atoms with Gasteiger partial charge in [0.25, 0.3) is 5.91 Å². The monoisotopic (exact) mass is 287 g/mol. The molecule has 3 rings (SSSR count). The average molecular weight is 287 g/mol. The molecule has 1 aliphatic rings. The molecule has 2 aromatic rings. The first-order valence-corrected chi connectivity index (χ1v) is 6.87. The molecule has 110 valence electrons. The van der Waals surface area contributed by atoms with Gasteiger partial charge in [0.05, 0.1) is 11.6 Å². The standard InChI is InChI=1S/C13H17N7O/c1-13(2,3)11-14-6-8(7-15-11)10(21)16-12-17-18-19-20(12)9-4-5-9/h6-7,9H,4-5H2,1-3H3,(H,16,17,19,21). The predicted octanol–water partition coefficient (Wildman–Crippen LogP) is 1.35. The van der Waals surface area contributed by atoms with E-state index in [2.05, 4.69) is 30.8 Å². The highest BCUT2D eigenvalue weighted by Crippen LogP contribution is 2.35. The van der Waals surface area contributed by atoms with Crippen LogP contribution in [-0.4, -0.2) is 36.1 Å². The van der Waals surface area contributed by atoms with E-state index in [1.807, 2.05) is 20.8 Å². The number of anilines is 1. The number of carbonyl (C=O) groups is 1. The summed E-state index contributed by atoms with van der Waals surface area (Å²) < 4.78 is 1.64. The third-order valence-electron chi connectivity index (χ3n) is 3.20. The smallest absolute Gasteiger partial charge is 0.261 e. The number of hydrogen-bond donors (Lipinski definition) is 1. The molecule has 0 bridgehead atoms. The van der Waals surface area contributed by atoms with Crippen molar-refractivity contribution in [2.75, 3.05) is 5.32 Å². The largest absolute Gasteiger partial charge is 0.289 e. The summed E-state index contributed by atoms with van der Waals surface area (Å²) in [4.78, 5) is 20.6. The van der Waals surface area contributed by atoms with E-state index in [0.29, 0.717) is 23.4 Å². The summed E-state index contributed by atoms with van der Waals surface area (Å²) in [5.74, 6) is 0.747. The molecule has 2 heterocycles. The SMILES string of the molecule is CC(C)(C)c1ncc(C(=O)Nc2nnnn2C2CC2)cn1. The van der Waals surface area contributed by atoms with Gasteiger partial charge in [-0.1, -0.05) is 25.9 Å². The van der Waals surface area contributed by atoms with Crippen LogP contribution < -0.4 is 5.32 Å². The van der Waals surface area contributed by atoms with Gasteiger partial charge in [-0.25, -0.2) is 14.6 Å². The summed E-state index contributed by atoms with van der Waals surface area (Å²) in [7, 11) is 0. The van der Waals surface area contributed by atoms with Gasteiger partial charge in [-0.05, 0) is 23.3 Å². The van der Waals surface area contributed by atoms with Crippen LogP contribution in [0.25, 0.3) is 0 Å². The molecule has 0 radical (unpaired) electrons. The molecule has 0 aromatic carbocycles. The number of aromatic nitrogens is 6. The lowest BCUT2D eigenvalue weighted by Crippen LogP contribution is -2.19. The summed E-state index contributed by atoms with van der Waals surface area (Å²) in [5, 5.41) is 14.0. The Balaban J connectivity index is 1.74. The zero-order valence-electron chi connectivity index (χ0n) is 12.2. The number of hydrogen-bond acceptors (Lipinski definition) is 6. The molecule has 1 amide bonds. The van der Waals surface area contributed by atoms with Gasteiger partial charge in [-0.15, -0.1) is 0 Å². The number of nitrogens with one attached hydrogen (secondary N) is 1. The number of carbonyl (C=O) groups excluding carboxylic acids is 1. The Labute approximate surface area is 122 Å². The van der Waals surface area contributed by atoms with Crippen LogP contribution in [0.5, 0.6) is 0 Å². The Bertz CT molecular complexity index is 652. The predicted molar refractivity (Wildman–Crippen MR) is 74.8 cm³/mol. The molecule has 1 aliphatic carbocycles. The average Bonchev–Trinajstić information content (AvgIpc) is 3.18. The summed E-state index contributed by atoms with van der Waals surface area (Å²) >= 11 is 0. The van der Waals surface area contributed by atoms with E-state index >= 15 is 0 Å². The van der Waals surface area contributed by atoms with E-state index in [1.165, 1.54) is 12.4 Å². The van der Waals surface area contributed by atoms with Crippen LogP contribution in [0.1, 0.15) is 55.8 Å². The second-order valence-electron chi connectivity index (χ2n) is 6.18. The third-order valence-corrected chi connectivity index (χ3v) is 3.20. The Kier molecular flexibility index (Phi) is 3.15. The van der Waals surface area contributed by atoms with Crippen LogP contribution in [-0.2, 0) is 5.41 Å². The molecule has 2 aromatic heterocycles. The van der Waals surface area contributed by atoms with Crippen molar-refractivity contribution in [3.05, 3.63) is 23.8 Å². The first-order chi connectivity index (χ1) is 9.95. The fourth-order valence-corrected chi connectivity index (χ4v) is 1.85. The lowest BCUT2D eigenvalue weighted by molar-refractivity contribution is 0.102. The topological polar surface area (TPSA) is 98.5 Å². The molecule has 8 nitrogen and oxygen atoms in total. The highest BCUT2D eigenvalue weighted by molar-refractivity contribution is 6.02. The van der Waals surface area contributed by atoms with Gasteiger partial charge in [0, 0.05) is 17.8 Å². The van der Waals surface area contributed by atoms with Crippen molar-refractivity contribution in [3.63, 3.8) is 0 Å². The molecule has 1 saturated carbocycles.